The van der Waals surface area contributed by atoms with Crippen molar-refractivity contribution in [1.29, 1.82) is 0 Å². The molecule has 3 rings (SSSR count). The Balaban J connectivity index is 1.74. The van der Waals surface area contributed by atoms with Crippen molar-refractivity contribution in [2.24, 2.45) is 5.10 Å². The zero-order valence-corrected chi connectivity index (χ0v) is 12.1. The topological polar surface area (TPSA) is 90.4 Å². The molecular weight excluding hydrogens is 292 g/mol. The number of rotatable bonds is 4. The number of hydrogen-bond acceptors (Lipinski definition) is 4. The number of para-hydroxylation sites is 1. The fourth-order valence-corrected chi connectivity index (χ4v) is 2.12. The number of carbonyl (C=O) groups is 1. The van der Waals surface area contributed by atoms with Crippen LogP contribution < -0.4 is 5.43 Å². The second kappa shape index (κ2) is 6.57. The van der Waals surface area contributed by atoms with Crippen molar-refractivity contribution < 1.29 is 9.90 Å². The summed E-state index contributed by atoms with van der Waals surface area (Å²) in [5.74, 6) is -0.572. The molecule has 0 saturated heterocycles. The van der Waals surface area contributed by atoms with Gasteiger partial charge in [0.1, 0.15) is 5.75 Å². The maximum absolute atomic E-state index is 11.9. The molecule has 0 bridgehead atoms. The number of aromatic amines is 1. The van der Waals surface area contributed by atoms with Crippen molar-refractivity contribution in [1.82, 2.24) is 15.6 Å². The molecule has 6 heteroatoms. The highest BCUT2D eigenvalue weighted by Crippen LogP contribution is 2.19. The van der Waals surface area contributed by atoms with Gasteiger partial charge in [0.25, 0.3) is 5.91 Å². The molecule has 0 spiro atoms. The van der Waals surface area contributed by atoms with E-state index in [-0.39, 0.29) is 11.3 Å². The number of hydrazone groups is 1. The van der Waals surface area contributed by atoms with Gasteiger partial charge in [-0.2, -0.15) is 10.2 Å². The Bertz CT molecular complexity index is 841. The summed E-state index contributed by atoms with van der Waals surface area (Å²) in [6.45, 7) is 0. The highest BCUT2D eigenvalue weighted by molar-refractivity contribution is 5.97. The first-order valence-corrected chi connectivity index (χ1v) is 6.96. The summed E-state index contributed by atoms with van der Waals surface area (Å²) in [4.78, 5) is 11.9. The van der Waals surface area contributed by atoms with Gasteiger partial charge >= 0.3 is 0 Å². The Hall–Kier alpha value is -3.41. The number of hydrogen-bond donors (Lipinski definition) is 3. The molecule has 0 atom stereocenters. The van der Waals surface area contributed by atoms with Crippen LogP contribution in [0.2, 0.25) is 0 Å². The van der Waals surface area contributed by atoms with E-state index in [1.165, 1.54) is 18.3 Å². The zero-order chi connectivity index (χ0) is 16.1. The highest BCUT2D eigenvalue weighted by Gasteiger charge is 2.09. The molecule has 0 unspecified atom stereocenters. The van der Waals surface area contributed by atoms with Gasteiger partial charge in [0.05, 0.1) is 23.7 Å². The minimum absolute atomic E-state index is 0.0894. The number of amides is 1. The predicted octanol–water partition coefficient (Wildman–Crippen LogP) is 2.55. The van der Waals surface area contributed by atoms with Crippen molar-refractivity contribution in [2.75, 3.05) is 0 Å². The molecule has 3 aromatic rings. The zero-order valence-electron chi connectivity index (χ0n) is 12.1. The summed E-state index contributed by atoms with van der Waals surface area (Å²) in [7, 11) is 0. The predicted molar refractivity (Wildman–Crippen MR) is 87.2 cm³/mol. The molecule has 0 aliphatic heterocycles. The molecule has 23 heavy (non-hydrogen) atoms. The van der Waals surface area contributed by atoms with Crippen molar-refractivity contribution in [3.63, 3.8) is 0 Å². The number of aromatic nitrogens is 2. The molecule has 1 heterocycles. The van der Waals surface area contributed by atoms with E-state index in [0.717, 1.165) is 16.8 Å². The van der Waals surface area contributed by atoms with Crippen LogP contribution in [0, 0.1) is 0 Å². The van der Waals surface area contributed by atoms with Gasteiger partial charge in [-0.15, -0.1) is 0 Å². The van der Waals surface area contributed by atoms with Gasteiger partial charge in [-0.1, -0.05) is 42.5 Å². The molecule has 114 valence electrons. The van der Waals surface area contributed by atoms with E-state index < -0.39 is 5.91 Å². The first kappa shape index (κ1) is 14.5. The molecule has 0 saturated carbocycles. The van der Waals surface area contributed by atoms with Gasteiger partial charge in [0.2, 0.25) is 0 Å². The van der Waals surface area contributed by atoms with Gasteiger partial charge in [-0.25, -0.2) is 5.43 Å². The minimum atomic E-state index is -0.482. The van der Waals surface area contributed by atoms with Gasteiger partial charge in [0.15, 0.2) is 0 Å². The highest BCUT2D eigenvalue weighted by atomic mass is 16.3. The largest absolute Gasteiger partial charge is 0.507 e. The Morgan fingerprint density at radius 1 is 1.13 bits per heavy atom. The van der Waals surface area contributed by atoms with E-state index in [1.54, 1.807) is 18.3 Å². The summed E-state index contributed by atoms with van der Waals surface area (Å²) in [5.41, 5.74) is 5.08. The van der Waals surface area contributed by atoms with Crippen LogP contribution >= 0.6 is 0 Å². The maximum atomic E-state index is 11.9. The van der Waals surface area contributed by atoms with E-state index in [4.69, 9.17) is 0 Å². The molecule has 0 aliphatic rings. The number of H-pyrrole nitrogens is 1. The number of carbonyl (C=O) groups excluding carboxylic acids is 1. The number of aromatic hydroxyl groups is 1. The van der Waals surface area contributed by atoms with Crippen LogP contribution in [0.5, 0.6) is 5.75 Å². The summed E-state index contributed by atoms with van der Waals surface area (Å²) in [6, 6.07) is 16.0. The third kappa shape index (κ3) is 3.26. The lowest BCUT2D eigenvalue weighted by atomic mass is 10.1. The second-order valence-electron chi connectivity index (χ2n) is 4.78. The fourth-order valence-electron chi connectivity index (χ4n) is 2.12. The Kier molecular flexibility index (Phi) is 4.15. The lowest BCUT2D eigenvalue weighted by molar-refractivity contribution is 0.0952. The second-order valence-corrected chi connectivity index (χ2v) is 4.78. The van der Waals surface area contributed by atoms with Crippen LogP contribution in [0.1, 0.15) is 15.9 Å². The quantitative estimate of drug-likeness (QED) is 0.511. The SMILES string of the molecule is O=C(NN=Cc1cn[nH]c1-c1ccccc1)c1ccccc1O. The van der Waals surface area contributed by atoms with Crippen molar-refractivity contribution >= 4 is 12.1 Å². The smallest absolute Gasteiger partial charge is 0.275 e. The van der Waals surface area contributed by atoms with E-state index in [9.17, 15) is 9.90 Å². The van der Waals surface area contributed by atoms with Crippen molar-refractivity contribution in [3.05, 3.63) is 71.9 Å². The summed E-state index contributed by atoms with van der Waals surface area (Å²) in [5, 5.41) is 20.5. The molecule has 1 aromatic heterocycles. The molecule has 6 nitrogen and oxygen atoms in total. The molecular formula is C17H14N4O2. The van der Waals surface area contributed by atoms with Gasteiger partial charge in [-0.05, 0) is 12.1 Å². The Morgan fingerprint density at radius 3 is 2.65 bits per heavy atom. The van der Waals surface area contributed by atoms with Crippen LogP contribution in [0.25, 0.3) is 11.3 Å². The molecule has 0 fully saturated rings. The molecule has 3 N–H and O–H groups in total. The Morgan fingerprint density at radius 2 is 1.87 bits per heavy atom. The number of phenols is 1. The van der Waals surface area contributed by atoms with Gasteiger partial charge in [-0.3, -0.25) is 9.89 Å². The van der Waals surface area contributed by atoms with E-state index in [0.29, 0.717) is 0 Å². The van der Waals surface area contributed by atoms with Gasteiger partial charge < -0.3 is 5.11 Å². The third-order valence-electron chi connectivity index (χ3n) is 3.25. The minimum Gasteiger partial charge on any atom is -0.507 e. The third-order valence-corrected chi connectivity index (χ3v) is 3.25. The van der Waals surface area contributed by atoms with E-state index in [2.05, 4.69) is 20.7 Å². The molecule has 1 amide bonds. The first-order valence-electron chi connectivity index (χ1n) is 6.96. The molecule has 0 radical (unpaired) electrons. The molecule has 0 aliphatic carbocycles. The average molecular weight is 306 g/mol. The van der Waals surface area contributed by atoms with Crippen LogP contribution in [-0.4, -0.2) is 27.4 Å². The summed E-state index contributed by atoms with van der Waals surface area (Å²) in [6.07, 6.45) is 3.13. The number of phenolic OH excluding ortho intramolecular Hbond substituents is 1. The standard InChI is InChI=1S/C17H14N4O2/c22-15-9-5-4-8-14(15)17(23)21-19-11-13-10-18-20-16(13)12-6-2-1-3-7-12/h1-11,22H,(H,18,20)(H,21,23). The monoisotopic (exact) mass is 306 g/mol. The van der Waals surface area contributed by atoms with E-state index in [1.807, 2.05) is 30.3 Å². The summed E-state index contributed by atoms with van der Waals surface area (Å²) >= 11 is 0. The first-order chi connectivity index (χ1) is 11.3. The average Bonchev–Trinajstić information content (AvgIpc) is 3.04. The van der Waals surface area contributed by atoms with Crippen LogP contribution in [-0.2, 0) is 0 Å². The van der Waals surface area contributed by atoms with Gasteiger partial charge in [0, 0.05) is 11.1 Å². The van der Waals surface area contributed by atoms with Crippen LogP contribution in [0.3, 0.4) is 0 Å². The fraction of sp³-hybridized carbons (Fsp3) is 0. The normalized spacial score (nSPS) is 10.8. The number of benzene rings is 2. The van der Waals surface area contributed by atoms with Crippen LogP contribution in [0.15, 0.2) is 65.9 Å². The number of nitrogens with one attached hydrogen (secondary N) is 2. The van der Waals surface area contributed by atoms with Crippen molar-refractivity contribution in [3.8, 4) is 17.0 Å². The Labute approximate surface area is 132 Å². The van der Waals surface area contributed by atoms with Crippen LogP contribution in [0.4, 0.5) is 0 Å². The maximum Gasteiger partial charge on any atom is 0.275 e. The molecule has 2 aromatic carbocycles. The summed E-state index contributed by atoms with van der Waals surface area (Å²) < 4.78 is 0. The van der Waals surface area contributed by atoms with E-state index >= 15 is 0 Å². The lowest BCUT2D eigenvalue weighted by Crippen LogP contribution is -2.17. The lowest BCUT2D eigenvalue weighted by Gasteiger charge is -2.02. The number of nitrogens with zero attached hydrogens (tertiary/aromatic N) is 2. The van der Waals surface area contributed by atoms with Crippen molar-refractivity contribution in [2.45, 2.75) is 0 Å².